The van der Waals surface area contributed by atoms with E-state index in [1.54, 1.807) is 17.8 Å². The first kappa shape index (κ1) is 15.6. The number of carbonyl (C=O) groups excluding carboxylic acids is 1. The molecule has 1 amide bonds. The highest BCUT2D eigenvalue weighted by molar-refractivity contribution is 9.10. The van der Waals surface area contributed by atoms with Crippen LogP contribution in [0.1, 0.15) is 16.1 Å². The molecular weight excluding hydrogens is 376 g/mol. The lowest BCUT2D eigenvalue weighted by Crippen LogP contribution is -2.13. The van der Waals surface area contributed by atoms with E-state index in [2.05, 4.69) is 36.5 Å². The largest absolute Gasteiger partial charge is 0.330 e. The van der Waals surface area contributed by atoms with Crippen molar-refractivity contribution in [2.45, 2.75) is 6.92 Å². The molecule has 5 nitrogen and oxygen atoms in total. The molecule has 23 heavy (non-hydrogen) atoms. The number of nitrogens with zero attached hydrogens (tertiary/aromatic N) is 2. The SMILES string of the molecule is Cc1cc(Br)ccc1NC(=O)c1csc(Nc2cccnc2)n1. The summed E-state index contributed by atoms with van der Waals surface area (Å²) in [5.41, 5.74) is 2.96. The van der Waals surface area contributed by atoms with E-state index in [4.69, 9.17) is 0 Å². The van der Waals surface area contributed by atoms with Crippen LogP contribution in [0, 0.1) is 6.92 Å². The predicted octanol–water partition coefficient (Wildman–Crippen LogP) is 4.60. The van der Waals surface area contributed by atoms with Crippen molar-refractivity contribution in [3.63, 3.8) is 0 Å². The van der Waals surface area contributed by atoms with Gasteiger partial charge in [0.2, 0.25) is 0 Å². The van der Waals surface area contributed by atoms with Crippen LogP contribution >= 0.6 is 27.3 Å². The maximum atomic E-state index is 12.3. The van der Waals surface area contributed by atoms with Gasteiger partial charge in [-0.1, -0.05) is 15.9 Å². The molecular formula is C16H13BrN4OS. The Bertz CT molecular complexity index is 835. The van der Waals surface area contributed by atoms with Gasteiger partial charge in [0.05, 0.1) is 11.9 Å². The molecule has 2 N–H and O–H groups in total. The van der Waals surface area contributed by atoms with Gasteiger partial charge in [-0.3, -0.25) is 9.78 Å². The van der Waals surface area contributed by atoms with Crippen molar-refractivity contribution in [2.24, 2.45) is 0 Å². The van der Waals surface area contributed by atoms with Crippen LogP contribution in [0.3, 0.4) is 0 Å². The first-order chi connectivity index (χ1) is 11.1. The number of benzene rings is 1. The van der Waals surface area contributed by atoms with Gasteiger partial charge in [0.1, 0.15) is 5.69 Å². The molecule has 0 saturated heterocycles. The zero-order valence-electron chi connectivity index (χ0n) is 12.2. The van der Waals surface area contributed by atoms with Crippen LogP contribution in [0.5, 0.6) is 0 Å². The minimum atomic E-state index is -0.231. The van der Waals surface area contributed by atoms with Gasteiger partial charge in [-0.05, 0) is 42.8 Å². The number of aromatic nitrogens is 2. The maximum absolute atomic E-state index is 12.3. The van der Waals surface area contributed by atoms with Crippen molar-refractivity contribution in [1.29, 1.82) is 0 Å². The number of carbonyl (C=O) groups is 1. The van der Waals surface area contributed by atoms with Crippen LogP contribution in [0.25, 0.3) is 0 Å². The Kier molecular flexibility index (Phi) is 4.68. The van der Waals surface area contributed by atoms with E-state index < -0.39 is 0 Å². The number of hydrogen-bond donors (Lipinski definition) is 2. The van der Waals surface area contributed by atoms with Crippen LogP contribution in [-0.2, 0) is 0 Å². The van der Waals surface area contributed by atoms with Crippen molar-refractivity contribution >= 4 is 49.7 Å². The van der Waals surface area contributed by atoms with E-state index >= 15 is 0 Å². The first-order valence-electron chi connectivity index (χ1n) is 6.82. The zero-order valence-corrected chi connectivity index (χ0v) is 14.6. The van der Waals surface area contributed by atoms with Crippen LogP contribution in [0.15, 0.2) is 52.6 Å². The summed E-state index contributed by atoms with van der Waals surface area (Å²) in [6.07, 6.45) is 3.40. The number of amides is 1. The van der Waals surface area contributed by atoms with E-state index in [-0.39, 0.29) is 5.91 Å². The van der Waals surface area contributed by atoms with Crippen molar-refractivity contribution in [2.75, 3.05) is 10.6 Å². The Balaban J connectivity index is 1.71. The summed E-state index contributed by atoms with van der Waals surface area (Å²) in [5.74, 6) is -0.231. The van der Waals surface area contributed by atoms with E-state index in [9.17, 15) is 4.79 Å². The molecule has 3 rings (SSSR count). The maximum Gasteiger partial charge on any atom is 0.275 e. The summed E-state index contributed by atoms with van der Waals surface area (Å²) in [5, 5.41) is 8.37. The molecule has 0 aliphatic heterocycles. The summed E-state index contributed by atoms with van der Waals surface area (Å²) in [4.78, 5) is 20.6. The molecule has 0 spiro atoms. The molecule has 0 radical (unpaired) electrons. The molecule has 0 saturated carbocycles. The molecule has 7 heteroatoms. The quantitative estimate of drug-likeness (QED) is 0.684. The molecule has 2 heterocycles. The zero-order chi connectivity index (χ0) is 16.2. The number of thiazole rings is 1. The van der Waals surface area contributed by atoms with Crippen molar-refractivity contribution < 1.29 is 4.79 Å². The predicted molar refractivity (Wildman–Crippen MR) is 96.5 cm³/mol. The molecule has 0 aliphatic carbocycles. The van der Waals surface area contributed by atoms with E-state index in [1.165, 1.54) is 11.3 Å². The Morgan fingerprint density at radius 2 is 2.17 bits per heavy atom. The van der Waals surface area contributed by atoms with Gasteiger partial charge in [0.15, 0.2) is 5.13 Å². The van der Waals surface area contributed by atoms with E-state index in [1.807, 2.05) is 37.3 Å². The third-order valence-corrected chi connectivity index (χ3v) is 4.34. The standard InChI is InChI=1S/C16H13BrN4OS/c1-10-7-11(17)4-5-13(10)20-15(22)14-9-23-16(21-14)19-12-3-2-6-18-8-12/h2-9H,1H3,(H,19,21)(H,20,22). The fourth-order valence-corrected chi connectivity index (χ4v) is 3.14. The molecule has 0 bridgehead atoms. The monoisotopic (exact) mass is 388 g/mol. The van der Waals surface area contributed by atoms with Gasteiger partial charge in [-0.25, -0.2) is 4.98 Å². The van der Waals surface area contributed by atoms with Crippen LogP contribution in [0.2, 0.25) is 0 Å². The molecule has 0 atom stereocenters. The average Bonchev–Trinajstić information content (AvgIpc) is 3.00. The topological polar surface area (TPSA) is 66.9 Å². The average molecular weight is 389 g/mol. The summed E-state index contributed by atoms with van der Waals surface area (Å²) in [6.45, 7) is 1.94. The summed E-state index contributed by atoms with van der Waals surface area (Å²) in [6, 6.07) is 9.42. The number of nitrogens with one attached hydrogen (secondary N) is 2. The molecule has 0 aliphatic rings. The molecule has 3 aromatic rings. The first-order valence-corrected chi connectivity index (χ1v) is 8.49. The number of halogens is 1. The van der Waals surface area contributed by atoms with Gasteiger partial charge in [0.25, 0.3) is 5.91 Å². The molecule has 2 aromatic heterocycles. The lowest BCUT2D eigenvalue weighted by Gasteiger charge is -2.07. The highest BCUT2D eigenvalue weighted by Crippen LogP contribution is 2.23. The summed E-state index contributed by atoms with van der Waals surface area (Å²) in [7, 11) is 0. The van der Waals surface area contributed by atoms with Crippen LogP contribution < -0.4 is 10.6 Å². The molecule has 0 fully saturated rings. The van der Waals surface area contributed by atoms with Gasteiger partial charge in [-0.2, -0.15) is 0 Å². The Morgan fingerprint density at radius 3 is 2.91 bits per heavy atom. The second kappa shape index (κ2) is 6.89. The number of hydrogen-bond acceptors (Lipinski definition) is 5. The van der Waals surface area contributed by atoms with Crippen molar-refractivity contribution in [1.82, 2.24) is 9.97 Å². The molecule has 1 aromatic carbocycles. The fraction of sp³-hybridized carbons (Fsp3) is 0.0625. The molecule has 116 valence electrons. The number of anilines is 3. The number of pyridine rings is 1. The van der Waals surface area contributed by atoms with Gasteiger partial charge >= 0.3 is 0 Å². The van der Waals surface area contributed by atoms with Gasteiger partial charge in [0, 0.05) is 21.7 Å². The third kappa shape index (κ3) is 3.94. The Hall–Kier alpha value is -2.25. The number of rotatable bonds is 4. The van der Waals surface area contributed by atoms with E-state index in [0.717, 1.165) is 21.4 Å². The Labute approximate surface area is 145 Å². The highest BCUT2D eigenvalue weighted by atomic mass is 79.9. The van der Waals surface area contributed by atoms with Crippen LogP contribution in [-0.4, -0.2) is 15.9 Å². The second-order valence-electron chi connectivity index (χ2n) is 4.82. The minimum Gasteiger partial charge on any atom is -0.330 e. The normalized spacial score (nSPS) is 10.3. The molecule has 0 unspecified atom stereocenters. The Morgan fingerprint density at radius 1 is 1.30 bits per heavy atom. The lowest BCUT2D eigenvalue weighted by atomic mass is 10.2. The smallest absolute Gasteiger partial charge is 0.275 e. The minimum absolute atomic E-state index is 0.231. The summed E-state index contributed by atoms with van der Waals surface area (Å²) >= 11 is 4.78. The van der Waals surface area contributed by atoms with Gasteiger partial charge < -0.3 is 10.6 Å². The lowest BCUT2D eigenvalue weighted by molar-refractivity contribution is 0.102. The van der Waals surface area contributed by atoms with Gasteiger partial charge in [-0.15, -0.1) is 11.3 Å². The second-order valence-corrected chi connectivity index (χ2v) is 6.59. The fourth-order valence-electron chi connectivity index (χ4n) is 1.95. The third-order valence-electron chi connectivity index (χ3n) is 3.09. The van der Waals surface area contributed by atoms with Crippen molar-refractivity contribution in [3.05, 3.63) is 63.8 Å². The van der Waals surface area contributed by atoms with E-state index in [0.29, 0.717) is 10.8 Å². The van der Waals surface area contributed by atoms with Crippen molar-refractivity contribution in [3.8, 4) is 0 Å². The highest BCUT2D eigenvalue weighted by Gasteiger charge is 2.12. The summed E-state index contributed by atoms with van der Waals surface area (Å²) < 4.78 is 0.976. The van der Waals surface area contributed by atoms with Crippen LogP contribution in [0.4, 0.5) is 16.5 Å². The number of aryl methyl sites for hydroxylation is 1.